The lowest BCUT2D eigenvalue weighted by atomic mass is 10.1. The molecule has 0 aliphatic carbocycles. The zero-order valence-electron chi connectivity index (χ0n) is 12.3. The van der Waals surface area contributed by atoms with Gasteiger partial charge in [0.1, 0.15) is 5.69 Å². The topological polar surface area (TPSA) is 30.2 Å². The molecule has 3 aromatic carbocycles. The summed E-state index contributed by atoms with van der Waals surface area (Å²) in [6.07, 6.45) is 0. The number of benzene rings is 3. The van der Waals surface area contributed by atoms with Crippen molar-refractivity contribution in [3.05, 3.63) is 78.9 Å². The van der Waals surface area contributed by atoms with Gasteiger partial charge < -0.3 is 0 Å². The average molecular weight is 295 g/mol. The summed E-state index contributed by atoms with van der Waals surface area (Å²) in [6.45, 7) is 0. The quantitative estimate of drug-likeness (QED) is 0.448. The molecule has 2 heterocycles. The highest BCUT2D eigenvalue weighted by Gasteiger charge is 2.14. The maximum absolute atomic E-state index is 4.89. The van der Waals surface area contributed by atoms with Crippen LogP contribution in [-0.2, 0) is 0 Å². The van der Waals surface area contributed by atoms with Crippen molar-refractivity contribution in [3.8, 4) is 11.3 Å². The van der Waals surface area contributed by atoms with Crippen LogP contribution in [0.25, 0.3) is 39.0 Å². The number of rotatable bonds is 1. The molecule has 0 aliphatic heterocycles. The van der Waals surface area contributed by atoms with E-state index in [2.05, 4.69) is 34.7 Å². The highest BCUT2D eigenvalue weighted by atomic mass is 15.0. The summed E-state index contributed by atoms with van der Waals surface area (Å²) in [4.78, 5) is 9.73. The first-order valence-corrected chi connectivity index (χ1v) is 7.63. The molecule has 5 aromatic rings. The molecular weight excluding hydrogens is 282 g/mol. The largest absolute Gasteiger partial charge is 0.289 e. The maximum atomic E-state index is 4.89. The lowest BCUT2D eigenvalue weighted by Crippen LogP contribution is -1.95. The van der Waals surface area contributed by atoms with Gasteiger partial charge in [0.2, 0.25) is 0 Å². The summed E-state index contributed by atoms with van der Waals surface area (Å²) in [5, 5.41) is 0. The van der Waals surface area contributed by atoms with Crippen LogP contribution in [-0.4, -0.2) is 14.4 Å². The molecular formula is C20H13N3. The van der Waals surface area contributed by atoms with Gasteiger partial charge >= 0.3 is 0 Å². The van der Waals surface area contributed by atoms with Gasteiger partial charge in [0, 0.05) is 5.56 Å². The van der Waals surface area contributed by atoms with Crippen LogP contribution in [0.3, 0.4) is 0 Å². The number of nitrogens with zero attached hydrogens (tertiary/aromatic N) is 3. The first-order valence-electron chi connectivity index (χ1n) is 7.63. The second-order valence-electron chi connectivity index (χ2n) is 5.57. The van der Waals surface area contributed by atoms with Crippen molar-refractivity contribution in [2.24, 2.45) is 0 Å². The summed E-state index contributed by atoms with van der Waals surface area (Å²) in [6, 6.07) is 26.7. The summed E-state index contributed by atoms with van der Waals surface area (Å²) in [5.74, 6) is 0. The highest BCUT2D eigenvalue weighted by molar-refractivity contribution is 5.93. The van der Waals surface area contributed by atoms with Crippen LogP contribution in [0, 0.1) is 0 Å². The van der Waals surface area contributed by atoms with Gasteiger partial charge in [-0.05, 0) is 24.3 Å². The minimum atomic E-state index is 0.899. The molecule has 0 aliphatic rings. The Morgan fingerprint density at radius 2 is 1.13 bits per heavy atom. The summed E-state index contributed by atoms with van der Waals surface area (Å²) < 4.78 is 2.21. The van der Waals surface area contributed by atoms with Crippen molar-refractivity contribution in [1.29, 1.82) is 0 Å². The van der Waals surface area contributed by atoms with Gasteiger partial charge in [-0.25, -0.2) is 9.97 Å². The molecule has 0 N–H and O–H groups in total. The smallest absolute Gasteiger partial charge is 0.165 e. The predicted molar refractivity (Wildman–Crippen MR) is 93.4 cm³/mol. The Morgan fingerprint density at radius 3 is 1.83 bits per heavy atom. The molecule has 23 heavy (non-hydrogen) atoms. The van der Waals surface area contributed by atoms with Gasteiger partial charge in [-0.3, -0.25) is 4.40 Å². The van der Waals surface area contributed by atoms with Crippen LogP contribution in [0.1, 0.15) is 0 Å². The van der Waals surface area contributed by atoms with Crippen molar-refractivity contribution >= 4 is 27.7 Å². The van der Waals surface area contributed by atoms with E-state index < -0.39 is 0 Å². The minimum absolute atomic E-state index is 0.899. The van der Waals surface area contributed by atoms with Crippen molar-refractivity contribution in [1.82, 2.24) is 14.4 Å². The van der Waals surface area contributed by atoms with Gasteiger partial charge in [-0.2, -0.15) is 0 Å². The van der Waals surface area contributed by atoms with Crippen LogP contribution in [0.4, 0.5) is 0 Å². The van der Waals surface area contributed by atoms with Crippen molar-refractivity contribution in [2.45, 2.75) is 0 Å². The van der Waals surface area contributed by atoms with E-state index in [1.165, 1.54) is 0 Å². The Morgan fingerprint density at radius 1 is 0.565 bits per heavy atom. The van der Waals surface area contributed by atoms with Gasteiger partial charge in [-0.1, -0.05) is 54.6 Å². The van der Waals surface area contributed by atoms with Crippen LogP contribution >= 0.6 is 0 Å². The molecule has 0 amide bonds. The van der Waals surface area contributed by atoms with E-state index >= 15 is 0 Å². The third kappa shape index (κ3) is 1.77. The molecule has 3 heteroatoms. The van der Waals surface area contributed by atoms with Crippen molar-refractivity contribution in [3.63, 3.8) is 0 Å². The number of aromatic nitrogens is 3. The number of para-hydroxylation sites is 4. The molecule has 0 fully saturated rings. The van der Waals surface area contributed by atoms with Gasteiger partial charge in [-0.15, -0.1) is 0 Å². The Bertz CT molecular complexity index is 1160. The molecule has 0 spiro atoms. The molecule has 0 radical (unpaired) electrons. The first kappa shape index (κ1) is 12.4. The Labute approximate surface area is 132 Å². The van der Waals surface area contributed by atoms with E-state index in [1.54, 1.807) is 0 Å². The molecule has 2 aromatic heterocycles. The van der Waals surface area contributed by atoms with Gasteiger partial charge in [0.05, 0.1) is 22.1 Å². The normalized spacial score (nSPS) is 11.5. The van der Waals surface area contributed by atoms with Gasteiger partial charge in [0.25, 0.3) is 0 Å². The minimum Gasteiger partial charge on any atom is -0.289 e. The van der Waals surface area contributed by atoms with Crippen molar-refractivity contribution < 1.29 is 0 Å². The molecule has 3 nitrogen and oxygen atoms in total. The summed E-state index contributed by atoms with van der Waals surface area (Å²) >= 11 is 0. The summed E-state index contributed by atoms with van der Waals surface area (Å²) in [5.41, 5.74) is 7.05. The predicted octanol–water partition coefficient (Wildman–Crippen LogP) is 4.70. The van der Waals surface area contributed by atoms with Crippen molar-refractivity contribution in [2.75, 3.05) is 0 Å². The SMILES string of the molecule is c1ccc(-c2nc3ccccc3n3c2nc2ccccc23)cc1. The first-order chi connectivity index (χ1) is 11.4. The zero-order chi connectivity index (χ0) is 15.2. The Kier molecular flexibility index (Phi) is 2.50. The Balaban J connectivity index is 2.05. The standard InChI is InChI=1S/C20H13N3/c1-2-8-14(9-3-1)19-20-22-16-11-5-7-13-18(16)23(20)17-12-6-4-10-15(17)21-19/h1-13H. The van der Waals surface area contributed by atoms with E-state index in [1.807, 2.05) is 48.5 Å². The van der Waals surface area contributed by atoms with Crippen LogP contribution in [0.5, 0.6) is 0 Å². The summed E-state index contributed by atoms with van der Waals surface area (Å²) in [7, 11) is 0. The fraction of sp³-hybridized carbons (Fsp3) is 0. The molecule has 5 rings (SSSR count). The van der Waals surface area contributed by atoms with Crippen LogP contribution in [0.15, 0.2) is 78.9 Å². The molecule has 0 saturated carbocycles. The van der Waals surface area contributed by atoms with E-state index in [9.17, 15) is 0 Å². The highest BCUT2D eigenvalue weighted by Crippen LogP contribution is 2.29. The molecule has 0 bridgehead atoms. The molecule has 0 saturated heterocycles. The fourth-order valence-electron chi connectivity index (χ4n) is 3.14. The van der Waals surface area contributed by atoms with E-state index in [-0.39, 0.29) is 0 Å². The van der Waals surface area contributed by atoms with Crippen LogP contribution in [0.2, 0.25) is 0 Å². The van der Waals surface area contributed by atoms with E-state index in [0.717, 1.165) is 39.0 Å². The molecule has 0 unspecified atom stereocenters. The van der Waals surface area contributed by atoms with E-state index in [4.69, 9.17) is 9.97 Å². The average Bonchev–Trinajstić information content (AvgIpc) is 3.01. The fourth-order valence-corrected chi connectivity index (χ4v) is 3.14. The molecule has 108 valence electrons. The van der Waals surface area contributed by atoms with Crippen LogP contribution < -0.4 is 0 Å². The Hall–Kier alpha value is -3.20. The zero-order valence-corrected chi connectivity index (χ0v) is 12.3. The lowest BCUT2D eigenvalue weighted by Gasteiger charge is -2.08. The second kappa shape index (κ2) is 4.65. The van der Waals surface area contributed by atoms with Gasteiger partial charge in [0.15, 0.2) is 5.65 Å². The third-order valence-corrected chi connectivity index (χ3v) is 4.17. The number of fused-ring (bicyclic) bond motifs is 5. The monoisotopic (exact) mass is 295 g/mol. The van der Waals surface area contributed by atoms with E-state index in [0.29, 0.717) is 0 Å². The number of imidazole rings is 1. The molecule has 0 atom stereocenters. The second-order valence-corrected chi connectivity index (χ2v) is 5.57. The third-order valence-electron chi connectivity index (χ3n) is 4.17. The maximum Gasteiger partial charge on any atom is 0.165 e. The number of hydrogen-bond acceptors (Lipinski definition) is 2. The number of hydrogen-bond donors (Lipinski definition) is 0. The lowest BCUT2D eigenvalue weighted by molar-refractivity contribution is 1.24.